The number of ether oxygens (including phenoxy) is 2. The Morgan fingerprint density at radius 2 is 1.90 bits per heavy atom. The highest BCUT2D eigenvalue weighted by Crippen LogP contribution is 2.36. The number of esters is 1. The van der Waals surface area contributed by atoms with Crippen LogP contribution in [0.3, 0.4) is 0 Å². The fourth-order valence-corrected chi connectivity index (χ4v) is 5.26. The Balaban J connectivity index is 2.20. The lowest BCUT2D eigenvalue weighted by Crippen LogP contribution is -2.67. The molecular formula is C29H37F3N6O4+2. The van der Waals surface area contributed by atoms with E-state index in [4.69, 9.17) is 15.3 Å². The molecule has 1 aliphatic rings. The average Bonchev–Trinajstić information content (AvgIpc) is 2.95. The van der Waals surface area contributed by atoms with Crippen molar-refractivity contribution < 1.29 is 42.5 Å². The highest BCUT2D eigenvalue weighted by atomic mass is 19.4. The van der Waals surface area contributed by atoms with Gasteiger partial charge in [-0.1, -0.05) is 12.1 Å². The zero-order chi connectivity index (χ0) is 31.2. The second-order valence-corrected chi connectivity index (χ2v) is 10.7. The summed E-state index contributed by atoms with van der Waals surface area (Å²) in [4.78, 5) is 25.9. The predicted octanol–water partition coefficient (Wildman–Crippen LogP) is 3.47. The van der Waals surface area contributed by atoms with E-state index >= 15 is 0 Å². The molecule has 13 heteroatoms. The normalized spacial score (nSPS) is 15.7. The summed E-state index contributed by atoms with van der Waals surface area (Å²) >= 11 is 0. The van der Waals surface area contributed by atoms with Gasteiger partial charge in [0.25, 0.3) is 0 Å². The Kier molecular flexibility index (Phi) is 10.3. The number of nitrogens with one attached hydrogen (secondary N) is 1. The lowest BCUT2D eigenvalue weighted by Gasteiger charge is -2.41. The van der Waals surface area contributed by atoms with Crippen molar-refractivity contribution in [3.8, 4) is 6.07 Å². The molecule has 0 aromatic heterocycles. The number of hydrogen-bond acceptors (Lipinski definition) is 7. The van der Waals surface area contributed by atoms with Crippen LogP contribution in [0.4, 0.5) is 23.7 Å². The molecule has 1 fully saturated rings. The van der Waals surface area contributed by atoms with Crippen LogP contribution in [0.15, 0.2) is 53.7 Å². The van der Waals surface area contributed by atoms with E-state index in [0.29, 0.717) is 40.9 Å². The van der Waals surface area contributed by atoms with Crippen LogP contribution in [0, 0.1) is 11.3 Å². The average molecular weight is 591 g/mol. The van der Waals surface area contributed by atoms with Gasteiger partial charge in [0.05, 0.1) is 63.2 Å². The first-order chi connectivity index (χ1) is 19.7. The minimum absolute atomic E-state index is 0.0596. The fourth-order valence-electron chi connectivity index (χ4n) is 5.26. The van der Waals surface area contributed by atoms with Crippen LogP contribution in [0.5, 0.6) is 0 Å². The Hall–Kier alpha value is -3.96. The van der Waals surface area contributed by atoms with Crippen molar-refractivity contribution in [2.45, 2.75) is 44.6 Å². The van der Waals surface area contributed by atoms with Crippen LogP contribution >= 0.6 is 0 Å². The molecule has 0 unspecified atom stereocenters. The molecular weight excluding hydrogens is 553 g/mol. The monoisotopic (exact) mass is 590 g/mol. The first kappa shape index (κ1) is 32.6. The molecule has 1 atom stereocenters. The molecule has 0 spiro atoms. The molecule has 1 heterocycles. The number of rotatable bonds is 9. The van der Waals surface area contributed by atoms with Gasteiger partial charge in [-0.25, -0.2) is 20.4 Å². The molecule has 2 aromatic carbocycles. The Labute approximate surface area is 242 Å². The summed E-state index contributed by atoms with van der Waals surface area (Å²) in [5.74, 6) is 5.40. The summed E-state index contributed by atoms with van der Waals surface area (Å²) in [5, 5.41) is 13.3. The smallest absolute Gasteiger partial charge is 0.429 e. The van der Waals surface area contributed by atoms with Gasteiger partial charge in [0.1, 0.15) is 12.6 Å². The number of anilines is 1. The number of allylic oxidation sites excluding steroid dienone is 1. The number of benzene rings is 2. The van der Waals surface area contributed by atoms with Gasteiger partial charge in [-0.15, -0.1) is 0 Å². The van der Waals surface area contributed by atoms with E-state index in [9.17, 15) is 28.0 Å². The van der Waals surface area contributed by atoms with E-state index in [0.717, 1.165) is 37.1 Å². The standard InChI is InChI=1S/C29H35F3N6O4/c1-18(36-22-7-5-6-21(15-22)29(30,31)32)25(27(39)41-4)26(37(35)28(34)40)24-9-8-19(16-33)14-20(24)17-38(2,3)23-10-12-42-13-11-23/h5-9,14-15,23,26H,10-13,17,35H2,1-4H3,(H2-,34,36,39,40)/p+2/t26-/m1/s1. The van der Waals surface area contributed by atoms with Gasteiger partial charge in [-0.3, -0.25) is 5.73 Å². The number of hydrogen-bond donors (Lipinski definition) is 3. The van der Waals surface area contributed by atoms with E-state index < -0.39 is 29.8 Å². The van der Waals surface area contributed by atoms with E-state index in [1.807, 2.05) is 0 Å². The number of methoxy groups -OCH3 is 1. The van der Waals surface area contributed by atoms with Gasteiger partial charge in [-0.2, -0.15) is 18.4 Å². The summed E-state index contributed by atoms with van der Waals surface area (Å²) in [5.41, 5.74) is 4.05. The lowest BCUT2D eigenvalue weighted by atomic mass is 9.90. The van der Waals surface area contributed by atoms with Gasteiger partial charge in [0.15, 0.2) is 0 Å². The van der Waals surface area contributed by atoms with Crippen molar-refractivity contribution in [1.29, 1.82) is 5.26 Å². The van der Waals surface area contributed by atoms with E-state index in [2.05, 4.69) is 31.2 Å². The topological polar surface area (TPSA) is 145 Å². The van der Waals surface area contributed by atoms with Crippen molar-refractivity contribution in [2.24, 2.45) is 5.84 Å². The minimum atomic E-state index is -4.58. The molecule has 2 aromatic rings. The van der Waals surface area contributed by atoms with Crippen LogP contribution in [-0.4, -0.2) is 62.0 Å². The van der Waals surface area contributed by atoms with Crippen molar-refractivity contribution in [2.75, 3.05) is 39.7 Å². The SMILES string of the molecule is COC(=O)/C(=C(\C)Nc1cccc(C(F)(F)F)c1)[C@@H](c1ccc(C#N)cc1C[N+](C)(C)C1CCOCC1)N(N)C([NH3+])=O. The van der Waals surface area contributed by atoms with E-state index in [-0.39, 0.29) is 23.0 Å². The molecule has 0 aliphatic carbocycles. The maximum absolute atomic E-state index is 13.4. The number of hydrazine groups is 1. The summed E-state index contributed by atoms with van der Waals surface area (Å²) < 4.78 is 51.2. The Bertz CT molecular complexity index is 1380. The zero-order valence-corrected chi connectivity index (χ0v) is 24.1. The van der Waals surface area contributed by atoms with Crippen LogP contribution < -0.4 is 16.9 Å². The number of nitrogens with zero attached hydrogens (tertiary/aromatic N) is 3. The number of amides is 2. The third kappa shape index (κ3) is 7.65. The highest BCUT2D eigenvalue weighted by Gasteiger charge is 2.38. The quantitative estimate of drug-likeness (QED) is 0.101. The summed E-state index contributed by atoms with van der Waals surface area (Å²) in [6.45, 7) is 3.15. The third-order valence-electron chi connectivity index (χ3n) is 7.49. The number of nitrogens with two attached hydrogens (primary N) is 1. The van der Waals surface area contributed by atoms with Gasteiger partial charge in [-0.05, 0) is 42.8 Å². The molecule has 0 radical (unpaired) electrons. The van der Waals surface area contributed by atoms with Gasteiger partial charge in [0.2, 0.25) is 0 Å². The second-order valence-electron chi connectivity index (χ2n) is 10.7. The lowest BCUT2D eigenvalue weighted by molar-refractivity contribution is -0.929. The van der Waals surface area contributed by atoms with Crippen LogP contribution in [0.1, 0.15) is 48.1 Å². The first-order valence-electron chi connectivity index (χ1n) is 13.3. The number of halogens is 3. The van der Waals surface area contributed by atoms with Crippen LogP contribution in [0.25, 0.3) is 0 Å². The fraction of sp³-hybridized carbons (Fsp3) is 0.414. The summed E-state index contributed by atoms with van der Waals surface area (Å²) in [6, 6.07) is 9.64. The molecule has 3 rings (SSSR count). The number of carbonyl (C=O) groups is 2. The molecule has 2 amide bonds. The molecule has 1 saturated heterocycles. The second kappa shape index (κ2) is 13.3. The zero-order valence-electron chi connectivity index (χ0n) is 24.1. The van der Waals surface area contributed by atoms with E-state index in [1.54, 1.807) is 18.2 Å². The van der Waals surface area contributed by atoms with Gasteiger partial charge in [0, 0.05) is 29.8 Å². The number of urea groups is 1. The molecule has 226 valence electrons. The number of nitriles is 1. The van der Waals surface area contributed by atoms with Crippen molar-refractivity contribution in [1.82, 2.24) is 5.01 Å². The molecule has 42 heavy (non-hydrogen) atoms. The first-order valence-corrected chi connectivity index (χ1v) is 13.3. The number of carbonyl (C=O) groups excluding carboxylic acids is 2. The molecule has 0 saturated carbocycles. The van der Waals surface area contributed by atoms with Crippen LogP contribution in [-0.2, 0) is 27.0 Å². The van der Waals surface area contributed by atoms with Crippen molar-refractivity contribution in [3.63, 3.8) is 0 Å². The summed E-state index contributed by atoms with van der Waals surface area (Å²) in [6.07, 6.45) is -2.92. The van der Waals surface area contributed by atoms with Gasteiger partial charge >= 0.3 is 18.2 Å². The molecule has 6 N–H and O–H groups in total. The van der Waals surface area contributed by atoms with Crippen LogP contribution in [0.2, 0.25) is 0 Å². The van der Waals surface area contributed by atoms with Crippen molar-refractivity contribution >= 4 is 17.7 Å². The molecule has 10 nitrogen and oxygen atoms in total. The van der Waals surface area contributed by atoms with Crippen molar-refractivity contribution in [3.05, 3.63) is 76.0 Å². The number of quaternary nitrogens is 2. The predicted molar refractivity (Wildman–Crippen MR) is 148 cm³/mol. The Morgan fingerprint density at radius 3 is 2.48 bits per heavy atom. The molecule has 0 bridgehead atoms. The van der Waals surface area contributed by atoms with Gasteiger partial charge < -0.3 is 19.3 Å². The maximum atomic E-state index is 13.4. The Morgan fingerprint density at radius 1 is 1.24 bits per heavy atom. The highest BCUT2D eigenvalue weighted by molar-refractivity contribution is 5.92. The number of alkyl halides is 3. The van der Waals surface area contributed by atoms with E-state index in [1.165, 1.54) is 19.1 Å². The molecule has 1 aliphatic heterocycles. The largest absolute Gasteiger partial charge is 0.466 e. The maximum Gasteiger partial charge on any atom is 0.429 e. The third-order valence-corrected chi connectivity index (χ3v) is 7.49. The minimum Gasteiger partial charge on any atom is -0.466 e. The summed E-state index contributed by atoms with van der Waals surface area (Å²) in [7, 11) is 5.25.